The second-order valence-corrected chi connectivity index (χ2v) is 21.6. The van der Waals surface area contributed by atoms with Crippen molar-refractivity contribution in [1.29, 1.82) is 0 Å². The molecule has 0 N–H and O–H groups in total. The van der Waals surface area contributed by atoms with Gasteiger partial charge in [-0.25, -0.2) is 0 Å². The van der Waals surface area contributed by atoms with Gasteiger partial charge in [0.05, 0.1) is 0 Å². The van der Waals surface area contributed by atoms with Crippen molar-refractivity contribution in [1.82, 2.24) is 0 Å². The molecule has 0 saturated heterocycles. The van der Waals surface area contributed by atoms with E-state index in [1.54, 1.807) is 0 Å². The summed E-state index contributed by atoms with van der Waals surface area (Å²) in [7, 11) is 0. The molecule has 0 saturated carbocycles. The molecule has 0 bridgehead atoms. The average Bonchev–Trinajstić information content (AvgIpc) is 2.67. The molecule has 0 fully saturated rings. The van der Waals surface area contributed by atoms with Crippen molar-refractivity contribution in [3.05, 3.63) is 18.1 Å². The molecule has 0 aromatic rings. The summed E-state index contributed by atoms with van der Waals surface area (Å²) in [6.07, 6.45) is 13.1. The molecule has 3 heteroatoms. The fraction of sp³-hybridized carbons (Fsp3) is 0.833. The molecule has 0 atom stereocenters. The molecule has 0 heterocycles. The number of allylic oxidation sites excluding steroid dienone is 4. The SMILES string of the molecule is CCC/[C](=C(\CC)B(CC)CC)[Sn]([CH3])([CH3])/[C](CCC)=C(/CC)B(CC)CC. The Morgan fingerprint density at radius 2 is 0.852 bits per heavy atom. The molecule has 0 unspecified atom stereocenters. The minimum absolute atomic E-state index is 0.814. The second kappa shape index (κ2) is 14.4. The van der Waals surface area contributed by atoms with Gasteiger partial charge in [0.25, 0.3) is 0 Å². The molecule has 0 nitrogen and oxygen atoms in total. The number of rotatable bonds is 14. The van der Waals surface area contributed by atoms with E-state index in [2.05, 4.69) is 65.3 Å². The summed E-state index contributed by atoms with van der Waals surface area (Å²) in [5.41, 5.74) is 3.74. The van der Waals surface area contributed by atoms with Crippen LogP contribution in [-0.4, -0.2) is 31.8 Å². The molecule has 0 rings (SSSR count). The molecule has 0 amide bonds. The zero-order valence-electron chi connectivity index (χ0n) is 20.7. The van der Waals surface area contributed by atoms with E-state index in [1.165, 1.54) is 63.8 Å². The van der Waals surface area contributed by atoms with E-state index in [0.29, 0.717) is 0 Å². The Bertz CT molecular complexity index is 427. The van der Waals surface area contributed by atoms with E-state index < -0.39 is 18.4 Å². The Kier molecular flexibility index (Phi) is 14.6. The van der Waals surface area contributed by atoms with Gasteiger partial charge in [-0.15, -0.1) is 0 Å². The van der Waals surface area contributed by atoms with Crippen molar-refractivity contribution >= 4 is 31.8 Å². The Morgan fingerprint density at radius 1 is 0.556 bits per heavy atom. The molecule has 27 heavy (non-hydrogen) atoms. The fourth-order valence-corrected chi connectivity index (χ4v) is 18.3. The van der Waals surface area contributed by atoms with Crippen molar-refractivity contribution in [3.63, 3.8) is 0 Å². The number of hydrogen-bond acceptors (Lipinski definition) is 0. The maximum absolute atomic E-state index is 2.76. The zero-order chi connectivity index (χ0) is 21.0. The quantitative estimate of drug-likeness (QED) is 0.218. The predicted molar refractivity (Wildman–Crippen MR) is 135 cm³/mol. The molecule has 156 valence electrons. The zero-order valence-corrected chi connectivity index (χ0v) is 23.6. The van der Waals surface area contributed by atoms with Crippen LogP contribution in [0.3, 0.4) is 0 Å². The molecule has 0 aliphatic rings. The first kappa shape index (κ1) is 27.4. The second-order valence-electron chi connectivity index (χ2n) is 8.87. The van der Waals surface area contributed by atoms with Gasteiger partial charge in [-0.2, -0.15) is 0 Å². The molecule has 0 spiro atoms. The summed E-state index contributed by atoms with van der Waals surface area (Å²) in [6, 6.07) is 0. The first-order chi connectivity index (χ1) is 12.8. The van der Waals surface area contributed by atoms with Crippen LogP contribution < -0.4 is 0 Å². The van der Waals surface area contributed by atoms with Crippen molar-refractivity contribution in [2.24, 2.45) is 0 Å². The third-order valence-electron chi connectivity index (χ3n) is 7.00. The van der Waals surface area contributed by atoms with E-state index in [0.717, 1.165) is 13.4 Å². The van der Waals surface area contributed by atoms with E-state index in [4.69, 9.17) is 0 Å². The van der Waals surface area contributed by atoms with Gasteiger partial charge in [-0.1, -0.05) is 0 Å². The molecular formula is C24H50B2Sn. The van der Waals surface area contributed by atoms with Crippen LogP contribution in [-0.2, 0) is 0 Å². The van der Waals surface area contributed by atoms with Crippen LogP contribution in [0.15, 0.2) is 18.1 Å². The van der Waals surface area contributed by atoms with E-state index in [1.807, 2.05) is 18.1 Å². The molecule has 0 aromatic carbocycles. The summed E-state index contributed by atoms with van der Waals surface area (Å²) in [6.45, 7) is 20.9. The molecule has 0 aliphatic carbocycles. The van der Waals surface area contributed by atoms with E-state index in [9.17, 15) is 0 Å². The van der Waals surface area contributed by atoms with Gasteiger partial charge >= 0.3 is 179 Å². The summed E-state index contributed by atoms with van der Waals surface area (Å²) in [5, 5.41) is 0. The van der Waals surface area contributed by atoms with Crippen molar-refractivity contribution in [2.75, 3.05) is 0 Å². The molecular weight excluding hydrogens is 429 g/mol. The van der Waals surface area contributed by atoms with Gasteiger partial charge in [0.2, 0.25) is 0 Å². The third-order valence-corrected chi connectivity index (χ3v) is 18.9. The van der Waals surface area contributed by atoms with Crippen LogP contribution in [0, 0.1) is 0 Å². The minimum atomic E-state index is -2.53. The van der Waals surface area contributed by atoms with Crippen LogP contribution in [0.1, 0.15) is 93.9 Å². The van der Waals surface area contributed by atoms with Crippen LogP contribution >= 0.6 is 0 Å². The Morgan fingerprint density at radius 3 is 1.04 bits per heavy atom. The average molecular weight is 479 g/mol. The van der Waals surface area contributed by atoms with Gasteiger partial charge in [-0.3, -0.25) is 0 Å². The van der Waals surface area contributed by atoms with Crippen molar-refractivity contribution in [3.8, 4) is 0 Å². The standard InChI is InChI=1S/2C11H22B.2CH3.Sn/c2*1-5-9-10-11(6-2)12(7-3)8-4;;;/h2*5-9H2,1-4H3;2*1H3;. The first-order valence-electron chi connectivity index (χ1n) is 12.3. The summed E-state index contributed by atoms with van der Waals surface area (Å²) in [5.74, 6) is 0. The summed E-state index contributed by atoms with van der Waals surface area (Å²) >= 11 is -2.53. The van der Waals surface area contributed by atoms with E-state index in [-0.39, 0.29) is 0 Å². The normalized spacial score (nSPS) is 14.0. The molecule has 0 radical (unpaired) electrons. The molecule has 0 aliphatic heterocycles. The Balaban J connectivity index is 6.71. The van der Waals surface area contributed by atoms with Crippen molar-refractivity contribution in [2.45, 2.75) is 129 Å². The van der Waals surface area contributed by atoms with Gasteiger partial charge in [0.1, 0.15) is 0 Å². The van der Waals surface area contributed by atoms with Crippen LogP contribution in [0.4, 0.5) is 0 Å². The summed E-state index contributed by atoms with van der Waals surface area (Å²) < 4.78 is 3.98. The molecule has 0 aromatic heterocycles. The number of hydrogen-bond donors (Lipinski definition) is 0. The summed E-state index contributed by atoms with van der Waals surface area (Å²) in [4.78, 5) is 5.53. The maximum atomic E-state index is 2.76. The van der Waals surface area contributed by atoms with Crippen LogP contribution in [0.25, 0.3) is 0 Å². The topological polar surface area (TPSA) is 0 Å². The predicted octanol–water partition coefficient (Wildman–Crippen LogP) is 8.93. The fourth-order valence-electron chi connectivity index (χ4n) is 5.49. The first-order valence-corrected chi connectivity index (χ1v) is 20.8. The van der Waals surface area contributed by atoms with Gasteiger partial charge in [0.15, 0.2) is 0 Å². The Labute approximate surface area is 178 Å². The van der Waals surface area contributed by atoms with Crippen LogP contribution in [0.5, 0.6) is 0 Å². The van der Waals surface area contributed by atoms with Gasteiger partial charge in [-0.05, 0) is 0 Å². The Hall–Kier alpha value is 0.409. The van der Waals surface area contributed by atoms with E-state index >= 15 is 0 Å². The van der Waals surface area contributed by atoms with Gasteiger partial charge < -0.3 is 0 Å². The van der Waals surface area contributed by atoms with Gasteiger partial charge in [0, 0.05) is 0 Å². The van der Waals surface area contributed by atoms with Crippen molar-refractivity contribution < 1.29 is 0 Å². The monoisotopic (exact) mass is 480 g/mol. The van der Waals surface area contributed by atoms with Crippen LogP contribution in [0.2, 0.25) is 35.2 Å². The third kappa shape index (κ3) is 7.31.